The molecule has 1 fully saturated rings. The van der Waals surface area contributed by atoms with Crippen LogP contribution in [0.25, 0.3) is 6.08 Å². The van der Waals surface area contributed by atoms with E-state index in [1.165, 1.54) is 37.1 Å². The summed E-state index contributed by atoms with van der Waals surface area (Å²) in [5.74, 6) is 1.43. The second kappa shape index (κ2) is 14.1. The molecule has 0 saturated carbocycles. The third kappa shape index (κ3) is 8.06. The smallest absolute Gasteiger partial charge is 0.265 e. The number of nitrogens with zero attached hydrogens (tertiary/aromatic N) is 3. The van der Waals surface area contributed by atoms with Gasteiger partial charge in [-0.25, -0.2) is 0 Å². The van der Waals surface area contributed by atoms with Crippen molar-refractivity contribution < 1.29 is 9.72 Å². The standard InChI is InChI=1S/C33H48N4O3/c1-24(2)15-20-36(21-16-25(3)4)33(38)27-10-9-26-23-32(34-28-11-13-29(14-12-28)37(39)40)30(31(26)22-27)8-7-19-35-17-5-6-18-35/h9-11,13-14,22-25,28,30,34H,5-8,12,15-21H2,1-4H3. The van der Waals surface area contributed by atoms with E-state index in [1.54, 1.807) is 12.2 Å². The van der Waals surface area contributed by atoms with Gasteiger partial charge < -0.3 is 15.1 Å². The van der Waals surface area contributed by atoms with Crippen molar-refractivity contribution in [2.45, 2.75) is 84.6 Å². The Labute approximate surface area is 240 Å². The van der Waals surface area contributed by atoms with Crippen molar-refractivity contribution in [2.24, 2.45) is 11.8 Å². The molecule has 7 heteroatoms. The van der Waals surface area contributed by atoms with Gasteiger partial charge in [-0.3, -0.25) is 14.9 Å². The number of hydrogen-bond acceptors (Lipinski definition) is 5. The Morgan fingerprint density at radius 3 is 2.42 bits per heavy atom. The van der Waals surface area contributed by atoms with Gasteiger partial charge in [0, 0.05) is 42.4 Å². The lowest BCUT2D eigenvalue weighted by Gasteiger charge is -2.26. The molecule has 1 N–H and O–H groups in total. The Bertz CT molecular complexity index is 1120. The number of benzene rings is 1. The van der Waals surface area contributed by atoms with Crippen molar-refractivity contribution in [3.63, 3.8) is 0 Å². The molecule has 2 atom stereocenters. The molecule has 218 valence electrons. The van der Waals surface area contributed by atoms with Crippen molar-refractivity contribution in [2.75, 3.05) is 32.7 Å². The number of carbonyl (C=O) groups excluding carboxylic acids is 1. The van der Waals surface area contributed by atoms with E-state index in [9.17, 15) is 14.9 Å². The summed E-state index contributed by atoms with van der Waals surface area (Å²) < 4.78 is 0. The number of allylic oxidation sites excluding steroid dienone is 2. The topological polar surface area (TPSA) is 78.7 Å². The van der Waals surface area contributed by atoms with Crippen molar-refractivity contribution >= 4 is 12.0 Å². The van der Waals surface area contributed by atoms with Crippen molar-refractivity contribution in [3.8, 4) is 0 Å². The van der Waals surface area contributed by atoms with E-state index >= 15 is 0 Å². The van der Waals surface area contributed by atoms with Crippen molar-refractivity contribution in [1.82, 2.24) is 15.1 Å². The molecule has 1 aliphatic heterocycles. The van der Waals surface area contributed by atoms with E-state index < -0.39 is 0 Å². The van der Waals surface area contributed by atoms with Crippen LogP contribution < -0.4 is 5.32 Å². The van der Waals surface area contributed by atoms with Crippen molar-refractivity contribution in [3.05, 3.63) is 74.6 Å². The van der Waals surface area contributed by atoms with E-state index in [4.69, 9.17) is 0 Å². The number of nitro groups is 1. The van der Waals surface area contributed by atoms with Crippen LogP contribution in [0.15, 0.2) is 47.8 Å². The second-order valence-electron chi connectivity index (χ2n) is 12.6. The Hall–Kier alpha value is -2.93. The van der Waals surface area contributed by atoms with E-state index in [2.05, 4.69) is 61.0 Å². The van der Waals surface area contributed by atoms with Crippen molar-refractivity contribution in [1.29, 1.82) is 0 Å². The summed E-state index contributed by atoms with van der Waals surface area (Å²) >= 11 is 0. The van der Waals surface area contributed by atoms with E-state index in [1.807, 2.05) is 12.1 Å². The van der Waals surface area contributed by atoms with Crippen LogP contribution in [0.1, 0.15) is 100 Å². The molecule has 3 aliphatic rings. The number of hydrogen-bond donors (Lipinski definition) is 1. The Morgan fingerprint density at radius 1 is 1.12 bits per heavy atom. The molecule has 2 aliphatic carbocycles. The zero-order valence-corrected chi connectivity index (χ0v) is 24.9. The molecule has 2 unspecified atom stereocenters. The fraction of sp³-hybridized carbons (Fsp3) is 0.606. The highest BCUT2D eigenvalue weighted by Gasteiger charge is 2.29. The zero-order chi connectivity index (χ0) is 28.6. The molecule has 0 bridgehead atoms. The summed E-state index contributed by atoms with van der Waals surface area (Å²) in [4.78, 5) is 29.2. The number of nitrogens with one attached hydrogen (secondary N) is 1. The van der Waals surface area contributed by atoms with Crippen LogP contribution in [-0.4, -0.2) is 59.4 Å². The van der Waals surface area contributed by atoms with Gasteiger partial charge in [0.25, 0.3) is 11.6 Å². The van der Waals surface area contributed by atoms with Gasteiger partial charge in [0.1, 0.15) is 0 Å². The molecule has 7 nitrogen and oxygen atoms in total. The maximum absolute atomic E-state index is 13.8. The van der Waals surface area contributed by atoms with Crippen LogP contribution >= 0.6 is 0 Å². The van der Waals surface area contributed by atoms with Crippen LogP contribution in [-0.2, 0) is 0 Å². The molecule has 1 aromatic carbocycles. The minimum atomic E-state index is -0.331. The highest BCUT2D eigenvalue weighted by Crippen LogP contribution is 2.39. The van der Waals surface area contributed by atoms with Gasteiger partial charge in [0.05, 0.1) is 4.92 Å². The first kappa shape index (κ1) is 30.0. The highest BCUT2D eigenvalue weighted by atomic mass is 16.6. The Morgan fingerprint density at radius 2 is 1.82 bits per heavy atom. The third-order valence-corrected chi connectivity index (χ3v) is 8.44. The lowest BCUT2D eigenvalue weighted by atomic mass is 9.91. The zero-order valence-electron chi connectivity index (χ0n) is 24.9. The number of amides is 1. The number of rotatable bonds is 14. The van der Waals surface area contributed by atoms with Gasteiger partial charge in [-0.15, -0.1) is 0 Å². The maximum atomic E-state index is 13.8. The average Bonchev–Trinajstić information content (AvgIpc) is 3.56. The molecular formula is C33H48N4O3. The SMILES string of the molecule is CC(C)CCN(CCC(C)C)C(=O)c1ccc2c(c1)C(CCCN1CCCC1)C(NC1C=CC([N+](=O)[O-])=CC1)=C2. The fourth-order valence-corrected chi connectivity index (χ4v) is 5.95. The minimum absolute atomic E-state index is 0.0222. The lowest BCUT2D eigenvalue weighted by Crippen LogP contribution is -2.34. The van der Waals surface area contributed by atoms with E-state index in [0.717, 1.165) is 56.6 Å². The van der Waals surface area contributed by atoms with Crippen LogP contribution in [0.5, 0.6) is 0 Å². The first-order chi connectivity index (χ1) is 19.2. The predicted octanol–water partition coefficient (Wildman–Crippen LogP) is 6.61. The van der Waals surface area contributed by atoms with E-state index in [-0.39, 0.29) is 28.5 Å². The summed E-state index contributed by atoms with van der Waals surface area (Å²) in [5.41, 5.74) is 4.49. The van der Waals surface area contributed by atoms with Gasteiger partial charge in [0.2, 0.25) is 0 Å². The summed E-state index contributed by atoms with van der Waals surface area (Å²) in [6.45, 7) is 13.9. The summed E-state index contributed by atoms with van der Waals surface area (Å²) in [5, 5.41) is 14.8. The second-order valence-corrected chi connectivity index (χ2v) is 12.6. The Balaban J connectivity index is 1.51. The fourth-order valence-electron chi connectivity index (χ4n) is 5.95. The number of fused-ring (bicyclic) bond motifs is 1. The molecule has 1 heterocycles. The Kier molecular flexibility index (Phi) is 10.6. The molecular weight excluding hydrogens is 500 g/mol. The highest BCUT2D eigenvalue weighted by molar-refractivity contribution is 5.95. The number of likely N-dealkylation sites (tertiary alicyclic amines) is 1. The van der Waals surface area contributed by atoms with Gasteiger partial charge in [-0.1, -0.05) is 39.8 Å². The quantitative estimate of drug-likeness (QED) is 0.209. The molecule has 0 radical (unpaired) electrons. The van der Waals surface area contributed by atoms with Gasteiger partial charge in [0.15, 0.2) is 0 Å². The molecule has 1 amide bonds. The summed E-state index contributed by atoms with van der Waals surface area (Å²) in [6.07, 6.45) is 14.7. The van der Waals surface area contributed by atoms with Gasteiger partial charge in [-0.05, 0) is 112 Å². The first-order valence-electron chi connectivity index (χ1n) is 15.4. The molecule has 4 rings (SSSR count). The van der Waals surface area contributed by atoms with Gasteiger partial charge >= 0.3 is 0 Å². The molecule has 1 aromatic rings. The largest absolute Gasteiger partial charge is 0.381 e. The molecule has 1 saturated heterocycles. The average molecular weight is 549 g/mol. The van der Waals surface area contributed by atoms with Gasteiger partial charge in [-0.2, -0.15) is 0 Å². The first-order valence-corrected chi connectivity index (χ1v) is 15.4. The monoisotopic (exact) mass is 548 g/mol. The minimum Gasteiger partial charge on any atom is -0.381 e. The molecule has 0 spiro atoms. The summed E-state index contributed by atoms with van der Waals surface area (Å²) in [7, 11) is 0. The van der Waals surface area contributed by atoms with Crippen LogP contribution in [0.4, 0.5) is 0 Å². The van der Waals surface area contributed by atoms with Crippen LogP contribution in [0.3, 0.4) is 0 Å². The van der Waals surface area contributed by atoms with E-state index in [0.29, 0.717) is 18.3 Å². The normalized spacial score (nSPS) is 20.6. The van der Waals surface area contributed by atoms with Crippen LogP contribution in [0.2, 0.25) is 0 Å². The maximum Gasteiger partial charge on any atom is 0.265 e. The lowest BCUT2D eigenvalue weighted by molar-refractivity contribution is -0.419. The summed E-state index contributed by atoms with van der Waals surface area (Å²) in [6, 6.07) is 6.26. The number of carbonyl (C=O) groups is 1. The van der Waals surface area contributed by atoms with Crippen LogP contribution in [0, 0.1) is 22.0 Å². The molecule has 0 aromatic heterocycles. The third-order valence-electron chi connectivity index (χ3n) is 8.44. The molecule has 40 heavy (non-hydrogen) atoms. The predicted molar refractivity (Wildman–Crippen MR) is 163 cm³/mol.